The van der Waals surface area contributed by atoms with E-state index in [1.165, 1.54) is 0 Å². The Morgan fingerprint density at radius 3 is 3.00 bits per heavy atom. The molecule has 1 aromatic heterocycles. The monoisotopic (exact) mass is 244 g/mol. The molecule has 0 aliphatic carbocycles. The lowest BCUT2D eigenvalue weighted by Gasteiger charge is -2.09. The Kier molecular flexibility index (Phi) is 5.37. The number of rotatable bonds is 7. The van der Waals surface area contributed by atoms with Gasteiger partial charge in [-0.15, -0.1) is 0 Å². The van der Waals surface area contributed by atoms with Crippen molar-refractivity contribution < 1.29 is 10.0 Å². The molecule has 1 rings (SSSR count). The maximum atomic E-state index is 10.4. The molecule has 0 aliphatic rings. The van der Waals surface area contributed by atoms with Gasteiger partial charge in [0.1, 0.15) is 0 Å². The molecule has 90 valence electrons. The second-order valence-corrected chi connectivity index (χ2v) is 4.51. The molecule has 0 aromatic carbocycles. The van der Waals surface area contributed by atoms with Crippen LogP contribution in [0.2, 0.25) is 0 Å². The molecular weight excluding hydrogens is 228 g/mol. The number of nitrogens with zero attached hydrogens (tertiary/aromatic N) is 1. The topological polar surface area (TPSA) is 75.4 Å². The summed E-state index contributed by atoms with van der Waals surface area (Å²) in [7, 11) is 0. The van der Waals surface area contributed by atoms with Crippen molar-refractivity contribution in [3.63, 3.8) is 0 Å². The van der Waals surface area contributed by atoms with E-state index in [-0.39, 0.29) is 16.0 Å². The fourth-order valence-corrected chi connectivity index (χ4v) is 2.10. The highest BCUT2D eigenvalue weighted by molar-refractivity contribution is 7.13. The molecule has 1 aromatic rings. The standard InChI is InChI=1S/C10H16N2O3S/c1-2-3-9(13)6-11-5-8-4-10(12(14)15)16-7-8/h4,7,9,11,13H,2-3,5-6H2,1H3. The van der Waals surface area contributed by atoms with Crippen LogP contribution in [0.5, 0.6) is 0 Å². The molecule has 0 saturated carbocycles. The molecule has 6 heteroatoms. The minimum atomic E-state index is -0.389. The molecule has 0 bridgehead atoms. The third-order valence-corrected chi connectivity index (χ3v) is 3.08. The first-order valence-electron chi connectivity index (χ1n) is 5.24. The number of nitro groups is 1. The molecule has 16 heavy (non-hydrogen) atoms. The second-order valence-electron chi connectivity index (χ2n) is 3.62. The van der Waals surface area contributed by atoms with Crippen LogP contribution in [0, 0.1) is 10.1 Å². The highest BCUT2D eigenvalue weighted by atomic mass is 32.1. The van der Waals surface area contributed by atoms with E-state index in [9.17, 15) is 15.2 Å². The zero-order chi connectivity index (χ0) is 12.0. The molecule has 1 unspecified atom stereocenters. The van der Waals surface area contributed by atoms with Crippen molar-refractivity contribution in [1.29, 1.82) is 0 Å². The average molecular weight is 244 g/mol. The number of aliphatic hydroxyl groups is 1. The quantitative estimate of drug-likeness (QED) is 0.567. The molecule has 5 nitrogen and oxygen atoms in total. The summed E-state index contributed by atoms with van der Waals surface area (Å²) in [6, 6.07) is 1.56. The van der Waals surface area contributed by atoms with Crippen LogP contribution < -0.4 is 5.32 Å². The third-order valence-electron chi connectivity index (χ3n) is 2.15. The van der Waals surface area contributed by atoms with Gasteiger partial charge < -0.3 is 10.4 Å². The van der Waals surface area contributed by atoms with E-state index in [4.69, 9.17) is 0 Å². The predicted molar refractivity (Wildman–Crippen MR) is 63.6 cm³/mol. The maximum absolute atomic E-state index is 10.4. The van der Waals surface area contributed by atoms with Crippen LogP contribution in [0.1, 0.15) is 25.3 Å². The maximum Gasteiger partial charge on any atom is 0.324 e. The largest absolute Gasteiger partial charge is 0.392 e. The number of nitrogens with one attached hydrogen (secondary N) is 1. The highest BCUT2D eigenvalue weighted by Gasteiger charge is 2.09. The van der Waals surface area contributed by atoms with Crippen LogP contribution in [0.25, 0.3) is 0 Å². The average Bonchev–Trinajstić information content (AvgIpc) is 2.67. The van der Waals surface area contributed by atoms with Gasteiger partial charge in [-0.3, -0.25) is 10.1 Å². The van der Waals surface area contributed by atoms with Gasteiger partial charge in [-0.25, -0.2) is 0 Å². The third kappa shape index (κ3) is 4.26. The highest BCUT2D eigenvalue weighted by Crippen LogP contribution is 2.22. The first-order chi connectivity index (χ1) is 7.63. The summed E-state index contributed by atoms with van der Waals surface area (Å²) in [5, 5.41) is 24.9. The van der Waals surface area contributed by atoms with Crippen molar-refractivity contribution in [3.05, 3.63) is 27.1 Å². The van der Waals surface area contributed by atoms with E-state index in [1.807, 2.05) is 6.92 Å². The van der Waals surface area contributed by atoms with Gasteiger partial charge in [0.2, 0.25) is 0 Å². The van der Waals surface area contributed by atoms with Crippen molar-refractivity contribution in [3.8, 4) is 0 Å². The van der Waals surface area contributed by atoms with Crippen LogP contribution >= 0.6 is 11.3 Å². The Balaban J connectivity index is 2.29. The minimum absolute atomic E-state index is 0.158. The van der Waals surface area contributed by atoms with E-state index in [0.717, 1.165) is 29.7 Å². The van der Waals surface area contributed by atoms with Crippen LogP contribution in [-0.4, -0.2) is 22.7 Å². The number of aliphatic hydroxyl groups excluding tert-OH is 1. The van der Waals surface area contributed by atoms with Crippen molar-refractivity contribution in [1.82, 2.24) is 5.32 Å². The fraction of sp³-hybridized carbons (Fsp3) is 0.600. The Labute approximate surface area is 98.3 Å². The van der Waals surface area contributed by atoms with Gasteiger partial charge in [0, 0.05) is 24.5 Å². The summed E-state index contributed by atoms with van der Waals surface area (Å²) in [5.41, 5.74) is 0.889. The molecule has 0 saturated heterocycles. The van der Waals surface area contributed by atoms with Crippen molar-refractivity contribution in [2.45, 2.75) is 32.4 Å². The van der Waals surface area contributed by atoms with Gasteiger partial charge in [-0.1, -0.05) is 24.7 Å². The first-order valence-corrected chi connectivity index (χ1v) is 6.12. The predicted octanol–water partition coefficient (Wildman–Crippen LogP) is 1.91. The van der Waals surface area contributed by atoms with Gasteiger partial charge in [-0.05, 0) is 12.0 Å². The Morgan fingerprint density at radius 1 is 1.69 bits per heavy atom. The van der Waals surface area contributed by atoms with Crippen molar-refractivity contribution in [2.24, 2.45) is 0 Å². The first kappa shape index (κ1) is 13.1. The molecule has 1 atom stereocenters. The van der Waals surface area contributed by atoms with Crippen molar-refractivity contribution >= 4 is 16.3 Å². The lowest BCUT2D eigenvalue weighted by atomic mass is 10.2. The van der Waals surface area contributed by atoms with E-state index in [1.54, 1.807) is 11.4 Å². The molecule has 0 radical (unpaired) electrons. The molecule has 0 amide bonds. The zero-order valence-corrected chi connectivity index (χ0v) is 10.00. The summed E-state index contributed by atoms with van der Waals surface area (Å²) in [6.07, 6.45) is 1.39. The van der Waals surface area contributed by atoms with Gasteiger partial charge in [0.05, 0.1) is 11.0 Å². The molecule has 0 spiro atoms. The summed E-state index contributed by atoms with van der Waals surface area (Å²) in [6.45, 7) is 3.11. The lowest BCUT2D eigenvalue weighted by molar-refractivity contribution is -0.380. The van der Waals surface area contributed by atoms with Crippen LogP contribution in [0.15, 0.2) is 11.4 Å². The van der Waals surface area contributed by atoms with Crippen molar-refractivity contribution in [2.75, 3.05) is 6.54 Å². The van der Waals surface area contributed by atoms with Gasteiger partial charge in [-0.2, -0.15) is 0 Å². The molecule has 0 aliphatic heterocycles. The molecule has 2 N–H and O–H groups in total. The summed E-state index contributed by atoms with van der Waals surface area (Å²) >= 11 is 1.13. The number of hydrogen-bond donors (Lipinski definition) is 2. The Morgan fingerprint density at radius 2 is 2.44 bits per heavy atom. The lowest BCUT2D eigenvalue weighted by Crippen LogP contribution is -2.25. The molecule has 0 fully saturated rings. The smallest absolute Gasteiger partial charge is 0.324 e. The Bertz CT molecular complexity index is 341. The fourth-order valence-electron chi connectivity index (χ4n) is 1.37. The molecule has 1 heterocycles. The van der Waals surface area contributed by atoms with E-state index < -0.39 is 0 Å². The van der Waals surface area contributed by atoms with Crippen LogP contribution in [-0.2, 0) is 6.54 Å². The number of hydrogen-bond acceptors (Lipinski definition) is 5. The van der Waals surface area contributed by atoms with Gasteiger partial charge >= 0.3 is 5.00 Å². The summed E-state index contributed by atoms with van der Waals surface area (Å²) in [4.78, 5) is 10.0. The number of thiophene rings is 1. The normalized spacial score (nSPS) is 12.6. The zero-order valence-electron chi connectivity index (χ0n) is 9.18. The summed E-state index contributed by atoms with van der Waals surface area (Å²) < 4.78 is 0. The second kappa shape index (κ2) is 6.57. The van der Waals surface area contributed by atoms with Crippen LogP contribution in [0.4, 0.5) is 5.00 Å². The van der Waals surface area contributed by atoms with E-state index in [2.05, 4.69) is 5.32 Å². The van der Waals surface area contributed by atoms with Gasteiger partial charge in [0.25, 0.3) is 0 Å². The minimum Gasteiger partial charge on any atom is -0.392 e. The van der Waals surface area contributed by atoms with E-state index in [0.29, 0.717) is 13.1 Å². The molecular formula is C10H16N2O3S. The Hall–Kier alpha value is -0.980. The van der Waals surface area contributed by atoms with Crippen LogP contribution in [0.3, 0.4) is 0 Å². The van der Waals surface area contributed by atoms with E-state index >= 15 is 0 Å². The van der Waals surface area contributed by atoms with Gasteiger partial charge in [0.15, 0.2) is 0 Å². The summed E-state index contributed by atoms with van der Waals surface area (Å²) in [5.74, 6) is 0. The SMILES string of the molecule is CCCC(O)CNCc1csc([N+](=O)[O-])c1.